The maximum Gasteiger partial charge on any atom is 0.407 e. The minimum absolute atomic E-state index is 0.0178. The summed E-state index contributed by atoms with van der Waals surface area (Å²) in [6.45, 7) is 1.34. The molecule has 1 saturated heterocycles. The molecule has 1 fully saturated rings. The zero-order valence-corrected chi connectivity index (χ0v) is 17.3. The molecule has 0 unspecified atom stereocenters. The first-order valence-corrected chi connectivity index (χ1v) is 10.6. The zero-order valence-electron chi connectivity index (χ0n) is 17.3. The number of hydrogen-bond acceptors (Lipinski definition) is 4. The second-order valence-corrected chi connectivity index (χ2v) is 8.13. The number of carbonyl (C=O) groups is 3. The minimum atomic E-state index is -0.792. The molecule has 31 heavy (non-hydrogen) atoms. The first-order valence-electron chi connectivity index (χ1n) is 10.6. The van der Waals surface area contributed by atoms with Crippen LogP contribution in [0.2, 0.25) is 0 Å². The van der Waals surface area contributed by atoms with Gasteiger partial charge in [0.25, 0.3) is 0 Å². The Labute approximate surface area is 181 Å². The standard InChI is InChI=1S/C24H26N2O5/c27-22(26-13-16(14-26)6-5-11-23(28)29)12-25-24(30)31-15-21-19-9-3-1-7-17(19)18-8-2-4-10-20(18)21/h1-4,7-10,16,21H,5-6,11-15H2,(H,25,30)(H,28,29). The molecule has 0 saturated carbocycles. The van der Waals surface area contributed by atoms with Crippen molar-refractivity contribution in [2.45, 2.75) is 25.2 Å². The van der Waals surface area contributed by atoms with Crippen LogP contribution in [0.15, 0.2) is 48.5 Å². The zero-order chi connectivity index (χ0) is 21.8. The Morgan fingerprint density at radius 1 is 1.00 bits per heavy atom. The van der Waals surface area contributed by atoms with Crippen LogP contribution in [0, 0.1) is 5.92 Å². The van der Waals surface area contributed by atoms with Crippen molar-refractivity contribution in [2.75, 3.05) is 26.2 Å². The van der Waals surface area contributed by atoms with Gasteiger partial charge in [0.15, 0.2) is 0 Å². The molecule has 1 aliphatic carbocycles. The van der Waals surface area contributed by atoms with Gasteiger partial charge in [0.2, 0.25) is 5.91 Å². The number of fused-ring (bicyclic) bond motifs is 3. The highest BCUT2D eigenvalue weighted by molar-refractivity contribution is 5.83. The van der Waals surface area contributed by atoms with Crippen molar-refractivity contribution < 1.29 is 24.2 Å². The first-order chi connectivity index (χ1) is 15.0. The molecule has 1 heterocycles. The second kappa shape index (κ2) is 9.20. The summed E-state index contributed by atoms with van der Waals surface area (Å²) in [6, 6.07) is 16.2. The van der Waals surface area contributed by atoms with Crippen molar-refractivity contribution in [2.24, 2.45) is 5.92 Å². The third-order valence-corrected chi connectivity index (χ3v) is 6.04. The third kappa shape index (κ3) is 4.71. The summed E-state index contributed by atoms with van der Waals surface area (Å²) in [6.07, 6.45) is 0.984. The molecule has 0 aromatic heterocycles. The molecule has 2 N–H and O–H groups in total. The van der Waals surface area contributed by atoms with Gasteiger partial charge in [-0.3, -0.25) is 9.59 Å². The fraction of sp³-hybridized carbons (Fsp3) is 0.375. The van der Waals surface area contributed by atoms with Gasteiger partial charge >= 0.3 is 12.1 Å². The number of ether oxygens (including phenoxy) is 1. The maximum absolute atomic E-state index is 12.2. The number of nitrogens with zero attached hydrogens (tertiary/aromatic N) is 1. The summed E-state index contributed by atoms with van der Waals surface area (Å²) < 4.78 is 5.44. The van der Waals surface area contributed by atoms with E-state index in [1.807, 2.05) is 24.3 Å². The topological polar surface area (TPSA) is 95.9 Å². The molecule has 2 aromatic carbocycles. The quantitative estimate of drug-likeness (QED) is 0.681. The Morgan fingerprint density at radius 2 is 1.61 bits per heavy atom. The molecular formula is C24H26N2O5. The Balaban J connectivity index is 1.21. The van der Waals surface area contributed by atoms with Crippen molar-refractivity contribution in [1.82, 2.24) is 10.2 Å². The lowest BCUT2D eigenvalue weighted by Crippen LogP contribution is -2.53. The van der Waals surface area contributed by atoms with Crippen molar-refractivity contribution in [1.29, 1.82) is 0 Å². The monoisotopic (exact) mass is 422 g/mol. The van der Waals surface area contributed by atoms with Crippen LogP contribution >= 0.6 is 0 Å². The van der Waals surface area contributed by atoms with Crippen LogP contribution in [0.3, 0.4) is 0 Å². The number of alkyl carbamates (subject to hydrolysis) is 1. The van der Waals surface area contributed by atoms with E-state index in [1.54, 1.807) is 4.90 Å². The van der Waals surface area contributed by atoms with E-state index in [2.05, 4.69) is 29.6 Å². The van der Waals surface area contributed by atoms with Crippen molar-refractivity contribution in [3.8, 4) is 11.1 Å². The van der Waals surface area contributed by atoms with E-state index in [4.69, 9.17) is 9.84 Å². The molecule has 7 nitrogen and oxygen atoms in total. The number of nitrogens with one attached hydrogen (secondary N) is 1. The van der Waals surface area contributed by atoms with Crippen LogP contribution in [0.5, 0.6) is 0 Å². The van der Waals surface area contributed by atoms with Crippen LogP contribution in [0.25, 0.3) is 11.1 Å². The number of aliphatic carboxylic acids is 1. The highest BCUT2D eigenvalue weighted by atomic mass is 16.5. The van der Waals surface area contributed by atoms with E-state index >= 15 is 0 Å². The summed E-state index contributed by atoms with van der Waals surface area (Å²) in [5.74, 6) is -0.615. The summed E-state index contributed by atoms with van der Waals surface area (Å²) >= 11 is 0. The van der Waals surface area contributed by atoms with Crippen LogP contribution in [0.1, 0.15) is 36.3 Å². The van der Waals surface area contributed by atoms with Crippen LogP contribution < -0.4 is 5.32 Å². The molecule has 2 aromatic rings. The molecule has 0 spiro atoms. The van der Waals surface area contributed by atoms with Gasteiger partial charge in [-0.1, -0.05) is 48.5 Å². The minimum Gasteiger partial charge on any atom is -0.481 e. The molecule has 162 valence electrons. The molecule has 1 aliphatic heterocycles. The van der Waals surface area contributed by atoms with Crippen molar-refractivity contribution >= 4 is 18.0 Å². The van der Waals surface area contributed by atoms with Crippen LogP contribution in [-0.2, 0) is 14.3 Å². The molecule has 0 atom stereocenters. The average Bonchev–Trinajstić information content (AvgIpc) is 3.06. The first kappa shape index (κ1) is 20.9. The maximum atomic E-state index is 12.2. The number of benzene rings is 2. The Bertz CT molecular complexity index is 938. The third-order valence-electron chi connectivity index (χ3n) is 6.04. The lowest BCUT2D eigenvalue weighted by Gasteiger charge is -2.39. The number of likely N-dealkylation sites (tertiary alicyclic amines) is 1. The van der Waals surface area contributed by atoms with Gasteiger partial charge in [0.05, 0.1) is 0 Å². The van der Waals surface area contributed by atoms with Gasteiger partial charge in [-0.25, -0.2) is 4.79 Å². The van der Waals surface area contributed by atoms with Gasteiger partial charge in [-0.05, 0) is 41.0 Å². The second-order valence-electron chi connectivity index (χ2n) is 8.13. The largest absolute Gasteiger partial charge is 0.481 e. The highest BCUT2D eigenvalue weighted by Crippen LogP contribution is 2.44. The summed E-state index contributed by atoms with van der Waals surface area (Å²) in [5, 5.41) is 11.2. The number of hydrogen-bond donors (Lipinski definition) is 2. The van der Waals surface area contributed by atoms with E-state index in [9.17, 15) is 14.4 Å². The number of carbonyl (C=O) groups excluding carboxylic acids is 2. The number of rotatable bonds is 8. The fourth-order valence-corrected chi connectivity index (χ4v) is 4.41. The van der Waals surface area contributed by atoms with Crippen LogP contribution in [0.4, 0.5) is 4.79 Å². The van der Waals surface area contributed by atoms with Gasteiger partial charge in [-0.2, -0.15) is 0 Å². The lowest BCUT2D eigenvalue weighted by molar-refractivity contribution is -0.139. The lowest BCUT2D eigenvalue weighted by atomic mass is 9.94. The molecular weight excluding hydrogens is 396 g/mol. The van der Waals surface area contributed by atoms with Gasteiger partial charge in [0.1, 0.15) is 13.2 Å². The molecule has 2 aliphatic rings. The van der Waals surface area contributed by atoms with E-state index in [0.717, 1.165) is 28.7 Å². The Kier molecular flexibility index (Phi) is 6.21. The van der Waals surface area contributed by atoms with Gasteiger partial charge in [0, 0.05) is 25.4 Å². The molecule has 0 bridgehead atoms. The SMILES string of the molecule is O=C(O)CCCC1CN(C(=O)CNC(=O)OCC2c3ccccc3-c3ccccc32)C1. The Morgan fingerprint density at radius 3 is 2.23 bits per heavy atom. The van der Waals surface area contributed by atoms with E-state index < -0.39 is 12.1 Å². The number of amides is 2. The predicted octanol–water partition coefficient (Wildman–Crippen LogP) is 3.24. The normalized spacial score (nSPS) is 15.0. The molecule has 2 amide bonds. The van der Waals surface area contributed by atoms with Gasteiger partial charge < -0.3 is 20.1 Å². The average molecular weight is 422 g/mol. The smallest absolute Gasteiger partial charge is 0.407 e. The van der Waals surface area contributed by atoms with E-state index in [-0.39, 0.29) is 31.4 Å². The molecule has 0 radical (unpaired) electrons. The predicted molar refractivity (Wildman–Crippen MR) is 115 cm³/mol. The summed E-state index contributed by atoms with van der Waals surface area (Å²) in [7, 11) is 0. The van der Waals surface area contributed by atoms with E-state index in [1.165, 1.54) is 0 Å². The number of carboxylic acids is 1. The Hall–Kier alpha value is -3.35. The van der Waals surface area contributed by atoms with Crippen LogP contribution in [-0.4, -0.2) is 54.2 Å². The van der Waals surface area contributed by atoms with Crippen molar-refractivity contribution in [3.05, 3.63) is 59.7 Å². The molecule has 7 heteroatoms. The van der Waals surface area contributed by atoms with E-state index in [0.29, 0.717) is 25.4 Å². The summed E-state index contributed by atoms with van der Waals surface area (Å²) in [4.78, 5) is 36.6. The molecule has 4 rings (SSSR count). The van der Waals surface area contributed by atoms with Crippen molar-refractivity contribution in [3.63, 3.8) is 0 Å². The highest BCUT2D eigenvalue weighted by Gasteiger charge is 2.31. The number of carboxylic acid groups (broad SMARTS) is 1. The van der Waals surface area contributed by atoms with Gasteiger partial charge in [-0.15, -0.1) is 0 Å². The summed E-state index contributed by atoms with van der Waals surface area (Å²) in [5.41, 5.74) is 4.61. The fourth-order valence-electron chi connectivity index (χ4n) is 4.41.